The second-order valence-electron chi connectivity index (χ2n) is 7.94. The molecule has 0 spiro atoms. The largest absolute Gasteiger partial charge is 0.295 e. The van der Waals surface area contributed by atoms with Crippen LogP contribution in [0.2, 0.25) is 10.0 Å². The van der Waals surface area contributed by atoms with Crippen molar-refractivity contribution in [1.82, 2.24) is 0 Å². The van der Waals surface area contributed by atoms with Crippen LogP contribution in [0.15, 0.2) is 72.8 Å². The highest BCUT2D eigenvalue weighted by atomic mass is 35.5. The minimum absolute atomic E-state index is 0.100. The predicted molar refractivity (Wildman–Crippen MR) is 125 cm³/mol. The Balaban J connectivity index is 1.58. The molecule has 6 nitrogen and oxygen atoms in total. The van der Waals surface area contributed by atoms with Crippen molar-refractivity contribution in [3.63, 3.8) is 0 Å². The van der Waals surface area contributed by atoms with Crippen LogP contribution in [0.5, 0.6) is 0 Å². The van der Waals surface area contributed by atoms with Gasteiger partial charge in [-0.15, -0.1) is 0 Å². The van der Waals surface area contributed by atoms with Gasteiger partial charge in [-0.25, -0.2) is 9.96 Å². The number of rotatable bonds is 4. The van der Waals surface area contributed by atoms with Gasteiger partial charge in [0.1, 0.15) is 5.92 Å². The summed E-state index contributed by atoms with van der Waals surface area (Å²) in [5.74, 6) is -1.77. The molecule has 0 saturated carbocycles. The van der Waals surface area contributed by atoms with Crippen LogP contribution < -0.4 is 9.96 Å². The summed E-state index contributed by atoms with van der Waals surface area (Å²) in [4.78, 5) is 45.8. The topological polar surface area (TPSA) is 66.9 Å². The average molecular weight is 481 g/mol. The van der Waals surface area contributed by atoms with Crippen LogP contribution >= 0.6 is 23.2 Å². The lowest BCUT2D eigenvalue weighted by Crippen LogP contribution is -2.37. The number of carbonyl (C=O) groups excluding carboxylic acids is 3. The van der Waals surface area contributed by atoms with E-state index in [-0.39, 0.29) is 5.78 Å². The fourth-order valence-electron chi connectivity index (χ4n) is 4.37. The fraction of sp³-hybridized carbons (Fsp3) is 0.160. The summed E-state index contributed by atoms with van der Waals surface area (Å²) in [6.45, 7) is 1.46. The maximum atomic E-state index is 13.6. The minimum Gasteiger partial charge on any atom is -0.295 e. The van der Waals surface area contributed by atoms with Gasteiger partial charge in [0.2, 0.25) is 5.91 Å². The first-order valence-corrected chi connectivity index (χ1v) is 11.1. The van der Waals surface area contributed by atoms with Gasteiger partial charge in [0, 0.05) is 15.6 Å². The maximum absolute atomic E-state index is 13.6. The Bertz CT molecular complexity index is 1260. The Labute approximate surface area is 200 Å². The smallest absolute Gasteiger partial charge is 0.266 e. The Kier molecular flexibility index (Phi) is 5.44. The zero-order valence-electron chi connectivity index (χ0n) is 17.4. The van der Waals surface area contributed by atoms with Crippen LogP contribution in [0.3, 0.4) is 0 Å². The van der Waals surface area contributed by atoms with Gasteiger partial charge in [-0.1, -0.05) is 47.5 Å². The van der Waals surface area contributed by atoms with Gasteiger partial charge >= 0.3 is 0 Å². The first-order valence-electron chi connectivity index (χ1n) is 10.3. The maximum Gasteiger partial charge on any atom is 0.266 e. The zero-order valence-corrected chi connectivity index (χ0v) is 19.0. The molecule has 8 heteroatoms. The number of nitrogens with zero attached hydrogens (tertiary/aromatic N) is 2. The molecule has 2 fully saturated rings. The number of imide groups is 1. The minimum atomic E-state index is -1.01. The van der Waals surface area contributed by atoms with Gasteiger partial charge in [0.15, 0.2) is 11.9 Å². The average Bonchev–Trinajstić information content (AvgIpc) is 3.30. The van der Waals surface area contributed by atoms with E-state index in [1.165, 1.54) is 6.92 Å². The van der Waals surface area contributed by atoms with Crippen molar-refractivity contribution in [2.75, 3.05) is 9.96 Å². The van der Waals surface area contributed by atoms with E-state index in [9.17, 15) is 14.4 Å². The van der Waals surface area contributed by atoms with E-state index >= 15 is 0 Å². The lowest BCUT2D eigenvalue weighted by atomic mass is 9.90. The van der Waals surface area contributed by atoms with E-state index < -0.39 is 29.9 Å². The molecule has 0 aliphatic carbocycles. The van der Waals surface area contributed by atoms with Gasteiger partial charge in [-0.2, -0.15) is 0 Å². The normalized spacial score (nSPS) is 22.1. The number of hydroxylamine groups is 1. The van der Waals surface area contributed by atoms with E-state index in [1.54, 1.807) is 47.5 Å². The van der Waals surface area contributed by atoms with Gasteiger partial charge in [0.05, 0.1) is 17.4 Å². The van der Waals surface area contributed by atoms with Crippen molar-refractivity contribution < 1.29 is 19.2 Å². The summed E-state index contributed by atoms with van der Waals surface area (Å²) in [6.07, 6.45) is -1.01. The molecule has 2 saturated heterocycles. The van der Waals surface area contributed by atoms with E-state index in [2.05, 4.69) is 0 Å². The van der Waals surface area contributed by atoms with Crippen LogP contribution in [0.1, 0.15) is 28.9 Å². The van der Waals surface area contributed by atoms with Crippen molar-refractivity contribution in [3.05, 3.63) is 94.0 Å². The molecule has 3 aromatic rings. The summed E-state index contributed by atoms with van der Waals surface area (Å²) < 4.78 is 0. The number of benzene rings is 3. The second-order valence-corrected chi connectivity index (χ2v) is 8.78. The molecule has 3 unspecified atom stereocenters. The van der Waals surface area contributed by atoms with Gasteiger partial charge in [-0.3, -0.25) is 19.2 Å². The lowest BCUT2D eigenvalue weighted by molar-refractivity contribution is -0.126. The van der Waals surface area contributed by atoms with E-state index in [0.29, 0.717) is 32.5 Å². The first-order chi connectivity index (χ1) is 15.9. The third kappa shape index (κ3) is 3.60. The summed E-state index contributed by atoms with van der Waals surface area (Å²) >= 11 is 12.6. The molecular formula is C25H18Cl2N2O4. The molecule has 3 atom stereocenters. The van der Waals surface area contributed by atoms with Crippen LogP contribution in [-0.4, -0.2) is 23.7 Å². The summed E-state index contributed by atoms with van der Waals surface area (Å²) in [7, 11) is 0. The molecule has 33 heavy (non-hydrogen) atoms. The molecule has 0 N–H and O–H groups in total. The number of fused-ring (bicyclic) bond motifs is 1. The predicted octanol–water partition coefficient (Wildman–Crippen LogP) is 5.25. The van der Waals surface area contributed by atoms with Crippen molar-refractivity contribution >= 4 is 52.2 Å². The molecule has 2 aliphatic heterocycles. The van der Waals surface area contributed by atoms with E-state index in [1.807, 2.05) is 30.3 Å². The standard InChI is InChI=1S/C25H18Cl2N2O4/c1-14(30)15-7-10-17(11-8-15)28-24(31)21-22(19-12-9-16(26)13-20(19)27)29(33-23(21)25(28)32)18-5-3-2-4-6-18/h2-13,21-23H,1H3. The Morgan fingerprint density at radius 3 is 2.21 bits per heavy atom. The third-order valence-corrected chi connectivity index (χ3v) is 6.50. The lowest BCUT2D eigenvalue weighted by Gasteiger charge is -2.29. The Morgan fingerprint density at radius 2 is 1.58 bits per heavy atom. The highest BCUT2D eigenvalue weighted by molar-refractivity contribution is 6.35. The SMILES string of the molecule is CC(=O)c1ccc(N2C(=O)C3ON(c4ccccc4)C(c4ccc(Cl)cc4Cl)C3C2=O)cc1. The van der Waals surface area contributed by atoms with Crippen LogP contribution in [-0.2, 0) is 14.4 Å². The molecule has 5 rings (SSSR count). The summed E-state index contributed by atoms with van der Waals surface area (Å²) in [6, 6.07) is 20.0. The van der Waals surface area contributed by atoms with Gasteiger partial charge in [0.25, 0.3) is 5.91 Å². The number of hydrogen-bond donors (Lipinski definition) is 0. The highest BCUT2D eigenvalue weighted by Crippen LogP contribution is 2.49. The molecule has 2 aliphatic rings. The molecule has 0 radical (unpaired) electrons. The third-order valence-electron chi connectivity index (χ3n) is 5.94. The van der Waals surface area contributed by atoms with Crippen molar-refractivity contribution in [2.24, 2.45) is 5.92 Å². The van der Waals surface area contributed by atoms with Gasteiger partial charge < -0.3 is 0 Å². The fourth-order valence-corrected chi connectivity index (χ4v) is 4.89. The molecule has 0 aromatic heterocycles. The van der Waals surface area contributed by atoms with Crippen LogP contribution in [0.4, 0.5) is 11.4 Å². The summed E-state index contributed by atoms with van der Waals surface area (Å²) in [5.41, 5.74) is 2.21. The Morgan fingerprint density at radius 1 is 0.879 bits per heavy atom. The van der Waals surface area contributed by atoms with Crippen molar-refractivity contribution in [1.29, 1.82) is 0 Å². The number of ketones is 1. The number of carbonyl (C=O) groups is 3. The number of anilines is 2. The van der Waals surface area contributed by atoms with Crippen LogP contribution in [0.25, 0.3) is 0 Å². The van der Waals surface area contributed by atoms with Gasteiger partial charge in [-0.05, 0) is 61.0 Å². The first kappa shape index (κ1) is 21.6. The Hall–Kier alpha value is -3.19. The number of Topliss-reactive ketones (excluding diaryl/α,β-unsaturated/α-hetero) is 1. The van der Waals surface area contributed by atoms with E-state index in [0.717, 1.165) is 4.90 Å². The van der Waals surface area contributed by atoms with Crippen LogP contribution in [0, 0.1) is 5.92 Å². The molecule has 166 valence electrons. The van der Waals surface area contributed by atoms with Crippen molar-refractivity contribution in [3.8, 4) is 0 Å². The molecule has 2 amide bonds. The highest BCUT2D eigenvalue weighted by Gasteiger charge is 2.60. The van der Waals surface area contributed by atoms with Crippen molar-refractivity contribution in [2.45, 2.75) is 19.1 Å². The monoisotopic (exact) mass is 480 g/mol. The second kappa shape index (κ2) is 8.30. The zero-order chi connectivity index (χ0) is 23.3. The number of hydrogen-bond acceptors (Lipinski definition) is 5. The molecular weight excluding hydrogens is 463 g/mol. The number of para-hydroxylation sites is 1. The number of amides is 2. The summed E-state index contributed by atoms with van der Waals surface area (Å²) in [5, 5.41) is 2.42. The quantitative estimate of drug-likeness (QED) is 0.376. The van der Waals surface area contributed by atoms with E-state index in [4.69, 9.17) is 28.0 Å². The molecule has 0 bridgehead atoms. The molecule has 3 aromatic carbocycles. The molecule has 2 heterocycles. The number of halogens is 2.